The normalized spacial score (nSPS) is 15.4. The number of halogens is 1. The highest BCUT2D eigenvalue weighted by atomic mass is 35.5. The summed E-state index contributed by atoms with van der Waals surface area (Å²) in [5.41, 5.74) is 8.64. The lowest BCUT2D eigenvalue weighted by atomic mass is 9.82. The second-order valence-corrected chi connectivity index (χ2v) is 6.84. The molecule has 4 rings (SSSR count). The number of phenolic OH excluding ortho intramolecular Hbond substituents is 1. The number of aromatic amines is 1. The van der Waals surface area contributed by atoms with E-state index < -0.39 is 5.92 Å². The van der Waals surface area contributed by atoms with Crippen LogP contribution in [-0.2, 0) is 0 Å². The van der Waals surface area contributed by atoms with Gasteiger partial charge in [-0.2, -0.15) is 5.26 Å². The Kier molecular flexibility index (Phi) is 4.79. The zero-order chi connectivity index (χ0) is 20.5. The molecule has 1 aliphatic rings. The number of allylic oxidation sites excluding steroid dienone is 1. The van der Waals surface area contributed by atoms with Crippen molar-refractivity contribution in [1.29, 1.82) is 5.26 Å². The molecule has 29 heavy (non-hydrogen) atoms. The number of aromatic nitrogens is 2. The van der Waals surface area contributed by atoms with Gasteiger partial charge in [0.25, 0.3) is 0 Å². The van der Waals surface area contributed by atoms with Crippen LogP contribution in [0, 0.1) is 11.3 Å². The van der Waals surface area contributed by atoms with Gasteiger partial charge in [0.05, 0.1) is 23.8 Å². The Bertz CT molecular complexity index is 1150. The molecule has 2 heterocycles. The molecule has 0 aliphatic carbocycles. The molecule has 8 heteroatoms. The number of aromatic hydroxyl groups is 1. The minimum atomic E-state index is -0.692. The van der Waals surface area contributed by atoms with Crippen LogP contribution >= 0.6 is 11.6 Å². The molecular formula is C21H17ClN4O3. The van der Waals surface area contributed by atoms with Crippen LogP contribution in [0.3, 0.4) is 0 Å². The summed E-state index contributed by atoms with van der Waals surface area (Å²) >= 11 is 6.16. The van der Waals surface area contributed by atoms with Crippen molar-refractivity contribution >= 4 is 11.6 Å². The molecule has 0 saturated heterocycles. The van der Waals surface area contributed by atoms with E-state index in [1.165, 1.54) is 6.07 Å². The molecule has 0 radical (unpaired) electrons. The maximum Gasteiger partial charge on any atom is 0.244 e. The van der Waals surface area contributed by atoms with E-state index in [1.807, 2.05) is 31.2 Å². The number of phenols is 1. The first-order chi connectivity index (χ1) is 14.0. The van der Waals surface area contributed by atoms with E-state index in [0.717, 1.165) is 11.3 Å². The number of rotatable bonds is 4. The molecule has 0 saturated carbocycles. The minimum absolute atomic E-state index is 0.00774. The second kappa shape index (κ2) is 7.41. The Morgan fingerprint density at radius 1 is 1.31 bits per heavy atom. The van der Waals surface area contributed by atoms with Gasteiger partial charge in [0.1, 0.15) is 23.1 Å². The van der Waals surface area contributed by atoms with E-state index >= 15 is 0 Å². The van der Waals surface area contributed by atoms with Crippen molar-refractivity contribution in [2.75, 3.05) is 6.61 Å². The van der Waals surface area contributed by atoms with Gasteiger partial charge in [-0.05, 0) is 49.4 Å². The smallest absolute Gasteiger partial charge is 0.244 e. The first-order valence-electron chi connectivity index (χ1n) is 8.91. The summed E-state index contributed by atoms with van der Waals surface area (Å²) in [6.07, 6.45) is 0. The summed E-state index contributed by atoms with van der Waals surface area (Å²) in [5, 5.41) is 27.8. The number of benzene rings is 2. The summed E-state index contributed by atoms with van der Waals surface area (Å²) < 4.78 is 11.1. The fraction of sp³-hybridized carbons (Fsp3) is 0.143. The first kappa shape index (κ1) is 18.7. The van der Waals surface area contributed by atoms with Crippen LogP contribution < -0.4 is 15.2 Å². The van der Waals surface area contributed by atoms with Gasteiger partial charge in [0.2, 0.25) is 11.8 Å². The Labute approximate surface area is 171 Å². The third-order valence-corrected chi connectivity index (χ3v) is 4.93. The lowest BCUT2D eigenvalue weighted by Crippen LogP contribution is -2.21. The van der Waals surface area contributed by atoms with Gasteiger partial charge >= 0.3 is 0 Å². The van der Waals surface area contributed by atoms with Crippen LogP contribution in [0.4, 0.5) is 0 Å². The lowest BCUT2D eigenvalue weighted by Gasteiger charge is -2.24. The van der Waals surface area contributed by atoms with E-state index in [4.69, 9.17) is 26.8 Å². The number of nitrogens with zero attached hydrogens (tertiary/aromatic N) is 2. The molecule has 1 aromatic heterocycles. The molecule has 2 aromatic carbocycles. The molecule has 4 N–H and O–H groups in total. The Hall–Kier alpha value is -3.63. The molecular weight excluding hydrogens is 392 g/mol. The van der Waals surface area contributed by atoms with Crippen LogP contribution in [0.1, 0.15) is 24.0 Å². The largest absolute Gasteiger partial charge is 0.508 e. The van der Waals surface area contributed by atoms with Gasteiger partial charge in [0.15, 0.2) is 0 Å². The third kappa shape index (κ3) is 3.24. The van der Waals surface area contributed by atoms with E-state index in [9.17, 15) is 10.4 Å². The Morgan fingerprint density at radius 2 is 2.07 bits per heavy atom. The van der Waals surface area contributed by atoms with Crippen LogP contribution in [0.2, 0.25) is 5.02 Å². The van der Waals surface area contributed by atoms with Crippen molar-refractivity contribution in [3.05, 3.63) is 70.1 Å². The molecule has 0 amide bonds. The van der Waals surface area contributed by atoms with Crippen molar-refractivity contribution in [3.8, 4) is 34.7 Å². The van der Waals surface area contributed by atoms with Gasteiger partial charge in [-0.3, -0.25) is 5.10 Å². The Balaban J connectivity index is 1.90. The van der Waals surface area contributed by atoms with Crippen molar-refractivity contribution in [2.45, 2.75) is 12.8 Å². The maximum atomic E-state index is 10.5. The maximum absolute atomic E-state index is 10.5. The highest BCUT2D eigenvalue weighted by Gasteiger charge is 2.37. The molecule has 7 nitrogen and oxygen atoms in total. The molecule has 146 valence electrons. The molecule has 1 atom stereocenters. The fourth-order valence-corrected chi connectivity index (χ4v) is 3.60. The predicted molar refractivity (Wildman–Crippen MR) is 108 cm³/mol. The van der Waals surface area contributed by atoms with Crippen molar-refractivity contribution in [1.82, 2.24) is 10.2 Å². The Morgan fingerprint density at radius 3 is 2.76 bits per heavy atom. The number of nitrogens with one attached hydrogen (secondary N) is 1. The number of hydrogen-bond acceptors (Lipinski definition) is 6. The van der Waals surface area contributed by atoms with Gasteiger partial charge in [-0.15, -0.1) is 5.10 Å². The summed E-state index contributed by atoms with van der Waals surface area (Å²) in [4.78, 5) is 0. The SMILES string of the molecule is CCOc1ccc(-c2[nH]nc3c2C(c2cc(Cl)ccc2O)C(C#N)=C(N)O3)cc1. The van der Waals surface area contributed by atoms with Crippen LogP contribution in [0.25, 0.3) is 11.3 Å². The van der Waals surface area contributed by atoms with Gasteiger partial charge < -0.3 is 20.3 Å². The van der Waals surface area contributed by atoms with Crippen molar-refractivity contribution in [2.24, 2.45) is 5.73 Å². The average Bonchev–Trinajstić information content (AvgIpc) is 3.13. The summed E-state index contributed by atoms with van der Waals surface area (Å²) in [6, 6.07) is 14.2. The highest BCUT2D eigenvalue weighted by molar-refractivity contribution is 6.30. The summed E-state index contributed by atoms with van der Waals surface area (Å²) in [6.45, 7) is 2.48. The molecule has 1 aliphatic heterocycles. The van der Waals surface area contributed by atoms with Crippen LogP contribution in [0.15, 0.2) is 53.9 Å². The van der Waals surface area contributed by atoms with Crippen molar-refractivity contribution in [3.63, 3.8) is 0 Å². The fourth-order valence-electron chi connectivity index (χ4n) is 3.42. The number of H-pyrrole nitrogens is 1. The number of nitrogens with two attached hydrogens (primary N) is 1. The molecule has 0 bridgehead atoms. The summed E-state index contributed by atoms with van der Waals surface area (Å²) in [7, 11) is 0. The van der Waals surface area contributed by atoms with Crippen LogP contribution in [-0.4, -0.2) is 21.9 Å². The van der Waals surface area contributed by atoms with E-state index in [-0.39, 0.29) is 23.1 Å². The standard InChI is InChI=1S/C21H17ClN4O3/c1-2-28-13-6-3-11(4-7-13)19-18-17(14-9-12(22)5-8-16(14)27)15(10-23)20(24)29-21(18)26-25-19/h3-9,17,27H,2,24H2,1H3,(H,25,26). The second-order valence-electron chi connectivity index (χ2n) is 6.40. The lowest BCUT2D eigenvalue weighted by molar-refractivity contribution is 0.340. The van der Waals surface area contributed by atoms with E-state index in [0.29, 0.717) is 28.5 Å². The molecule has 1 unspecified atom stereocenters. The molecule has 0 fully saturated rings. The average molecular weight is 409 g/mol. The van der Waals surface area contributed by atoms with Crippen LogP contribution in [0.5, 0.6) is 17.4 Å². The zero-order valence-electron chi connectivity index (χ0n) is 15.4. The molecule has 0 spiro atoms. The van der Waals surface area contributed by atoms with E-state index in [2.05, 4.69) is 16.3 Å². The third-order valence-electron chi connectivity index (χ3n) is 4.69. The van der Waals surface area contributed by atoms with Gasteiger partial charge in [0, 0.05) is 16.1 Å². The number of hydrogen-bond donors (Lipinski definition) is 3. The minimum Gasteiger partial charge on any atom is -0.508 e. The number of fused-ring (bicyclic) bond motifs is 1. The zero-order valence-corrected chi connectivity index (χ0v) is 16.2. The molecule has 3 aromatic rings. The number of nitriles is 1. The monoisotopic (exact) mass is 408 g/mol. The van der Waals surface area contributed by atoms with Crippen molar-refractivity contribution < 1.29 is 14.6 Å². The van der Waals surface area contributed by atoms with Gasteiger partial charge in [-0.25, -0.2) is 0 Å². The quantitative estimate of drug-likeness (QED) is 0.599. The van der Waals surface area contributed by atoms with E-state index in [1.54, 1.807) is 12.1 Å². The first-order valence-corrected chi connectivity index (χ1v) is 9.28. The summed E-state index contributed by atoms with van der Waals surface area (Å²) in [5.74, 6) is 0.227. The van der Waals surface area contributed by atoms with Gasteiger partial charge in [-0.1, -0.05) is 11.6 Å². The topological polar surface area (TPSA) is 117 Å². The highest BCUT2D eigenvalue weighted by Crippen LogP contribution is 2.48. The number of ether oxygens (including phenoxy) is 2. The predicted octanol–water partition coefficient (Wildman–Crippen LogP) is 4.05.